The first-order chi connectivity index (χ1) is 35.8. The van der Waals surface area contributed by atoms with E-state index in [1.807, 2.05) is 0 Å². The first kappa shape index (κ1) is 57.1. The molecule has 0 saturated carbocycles. The fraction of sp³-hybridized carbons (Fsp3) is 0.392. The van der Waals surface area contributed by atoms with Crippen molar-refractivity contribution in [3.05, 3.63) is 102 Å². The van der Waals surface area contributed by atoms with Gasteiger partial charge in [0, 0.05) is 69.2 Å². The summed E-state index contributed by atoms with van der Waals surface area (Å²) < 4.78 is 0. The molecule has 4 aromatic rings. The van der Waals surface area contributed by atoms with Crippen LogP contribution in [0.5, 0.6) is 5.75 Å². The molecule has 0 unspecified atom stereocenters. The Morgan fingerprint density at radius 2 is 1.31 bits per heavy atom. The van der Waals surface area contributed by atoms with Gasteiger partial charge in [0.2, 0.25) is 59.1 Å². The number of rotatable bonds is 16. The van der Waals surface area contributed by atoms with Crippen molar-refractivity contribution in [1.29, 1.82) is 0 Å². The molecular weight excluding hydrogens is 975 g/mol. The van der Waals surface area contributed by atoms with E-state index in [-0.39, 0.29) is 76.6 Å². The number of carbonyl (C=O) groups is 11. The fourth-order valence-electron chi connectivity index (χ4n) is 8.14. The van der Waals surface area contributed by atoms with Crippen LogP contribution in [0, 0.1) is 0 Å². The highest BCUT2D eigenvalue weighted by molar-refractivity contribution is 5.98. The third kappa shape index (κ3) is 18.9. The third-order valence-electron chi connectivity index (χ3n) is 12.0. The number of hydrogen-bond donors (Lipinski definition) is 13. The Bertz CT molecular complexity index is 2700. The van der Waals surface area contributed by atoms with Crippen molar-refractivity contribution in [3.8, 4) is 5.75 Å². The highest BCUT2D eigenvalue weighted by Crippen LogP contribution is 2.20. The highest BCUT2D eigenvalue weighted by Gasteiger charge is 2.33. The van der Waals surface area contributed by atoms with Gasteiger partial charge in [-0.05, 0) is 60.6 Å². The Kier molecular flexibility index (Phi) is 21.6. The van der Waals surface area contributed by atoms with Gasteiger partial charge < -0.3 is 68.8 Å². The maximum atomic E-state index is 14.5. The number of aromatic amines is 1. The number of para-hydroxylation sites is 1. The summed E-state index contributed by atoms with van der Waals surface area (Å²) in [5, 5.41) is 43.2. The van der Waals surface area contributed by atoms with Crippen molar-refractivity contribution in [2.24, 2.45) is 5.73 Å². The lowest BCUT2D eigenvalue weighted by Crippen LogP contribution is -2.59. The Labute approximate surface area is 430 Å². The van der Waals surface area contributed by atoms with Gasteiger partial charge in [-0.15, -0.1) is 0 Å². The van der Waals surface area contributed by atoms with Crippen molar-refractivity contribution < 1.29 is 63.0 Å². The van der Waals surface area contributed by atoms with Crippen LogP contribution in [0.15, 0.2) is 85.1 Å². The van der Waals surface area contributed by atoms with Crippen molar-refractivity contribution >= 4 is 75.9 Å². The average molecular weight is 1040 g/mol. The Morgan fingerprint density at radius 1 is 0.680 bits per heavy atom. The summed E-state index contributed by atoms with van der Waals surface area (Å²) in [5.74, 6) is -9.56. The van der Waals surface area contributed by atoms with Crippen LogP contribution in [0.25, 0.3) is 10.9 Å². The highest BCUT2D eigenvalue weighted by atomic mass is 16.4. The molecule has 1 aliphatic heterocycles. The maximum Gasteiger partial charge on any atom is 0.305 e. The van der Waals surface area contributed by atoms with E-state index in [9.17, 15) is 63.0 Å². The molecule has 0 radical (unpaired) electrons. The van der Waals surface area contributed by atoms with Crippen molar-refractivity contribution in [3.63, 3.8) is 0 Å². The van der Waals surface area contributed by atoms with Gasteiger partial charge in [0.25, 0.3) is 0 Å². The number of hydrogen-bond acceptors (Lipinski definition) is 12. The van der Waals surface area contributed by atoms with E-state index < -0.39 is 114 Å². The molecule has 24 nitrogen and oxygen atoms in total. The molecule has 3 aromatic carbocycles. The Morgan fingerprint density at radius 3 is 1.96 bits per heavy atom. The summed E-state index contributed by atoms with van der Waals surface area (Å²) in [5.41, 5.74) is 8.04. The number of carboxylic acids is 1. The fourth-order valence-corrected chi connectivity index (χ4v) is 8.14. The molecule has 0 spiro atoms. The van der Waals surface area contributed by atoms with Gasteiger partial charge in [0.05, 0.1) is 13.0 Å². The molecule has 24 heteroatoms. The molecular formula is C51H63N11O13. The van der Waals surface area contributed by atoms with Crippen molar-refractivity contribution in [2.45, 2.75) is 107 Å². The number of carbonyl (C=O) groups excluding carboxylic acids is 10. The second-order valence-electron chi connectivity index (χ2n) is 17.9. The number of phenolic OH excluding ortho intramolecular Hbond substituents is 1. The van der Waals surface area contributed by atoms with E-state index in [0.29, 0.717) is 27.6 Å². The second-order valence-corrected chi connectivity index (χ2v) is 17.9. The summed E-state index contributed by atoms with van der Waals surface area (Å²) in [4.78, 5) is 149. The molecule has 5 rings (SSSR count). The summed E-state index contributed by atoms with van der Waals surface area (Å²) >= 11 is 0. The summed E-state index contributed by atoms with van der Waals surface area (Å²) in [6.07, 6.45) is -0.186. The number of nitrogens with one attached hydrogen (secondary N) is 10. The predicted octanol–water partition coefficient (Wildman–Crippen LogP) is -1.51. The first-order valence-corrected chi connectivity index (χ1v) is 24.3. The van der Waals surface area contributed by atoms with E-state index in [0.717, 1.165) is 0 Å². The zero-order valence-electron chi connectivity index (χ0n) is 41.2. The van der Waals surface area contributed by atoms with Crippen LogP contribution in [-0.2, 0) is 72.0 Å². The zero-order chi connectivity index (χ0) is 54.4. The molecule has 10 amide bonds. The lowest BCUT2D eigenvalue weighted by Gasteiger charge is -2.26. The minimum atomic E-state index is -1.79. The molecule has 0 bridgehead atoms. The topological polar surface area (TPSA) is 378 Å². The van der Waals surface area contributed by atoms with Gasteiger partial charge in [0.15, 0.2) is 0 Å². The molecule has 1 aliphatic rings. The smallest absolute Gasteiger partial charge is 0.305 e. The van der Waals surface area contributed by atoms with Gasteiger partial charge in [0.1, 0.15) is 42.0 Å². The number of H-pyrrole nitrogens is 1. The van der Waals surface area contributed by atoms with E-state index in [2.05, 4.69) is 52.8 Å². The van der Waals surface area contributed by atoms with Crippen LogP contribution < -0.4 is 53.6 Å². The monoisotopic (exact) mass is 1040 g/mol. The van der Waals surface area contributed by atoms with Gasteiger partial charge in [-0.1, -0.05) is 60.7 Å². The number of benzene rings is 3. The summed E-state index contributed by atoms with van der Waals surface area (Å²) in [6, 6.07) is 12.9. The number of primary amides is 1. The molecule has 0 aliphatic carbocycles. The molecule has 75 heavy (non-hydrogen) atoms. The minimum absolute atomic E-state index is 0.0195. The first-order valence-electron chi connectivity index (χ1n) is 24.3. The van der Waals surface area contributed by atoms with Gasteiger partial charge in [-0.25, -0.2) is 0 Å². The third-order valence-corrected chi connectivity index (χ3v) is 12.0. The SMILES string of the molecule is CC(=O)N[C@@H](Cc1ccc(O)cc1)C(=O)N[C@H]1CCCNC(=O)CCC(=O)NCCC[C@@H](C(=O)N[C@@H](CC(=O)O)C(=O)N[C@@H](Cc2ccccc2)C(N)=O)NC(=O)[C@H](Cc2c[nH]c3ccccc23)NC(=O)CNC1=O. The standard InChI is InChI=1S/C51H63N11O13/c1-29(63)57-39(24-31-15-17-33(64)18-16-31)49(73)59-36-13-7-21-53-42(65)19-20-43(66)54-22-8-14-37(48(72)62-41(26-45(68)69)51(75)61-38(46(52)70)23-30-9-3-2-4-10-30)60-50(74)40(58-44(67)28-56-47(36)71)25-32-27-55-35-12-6-5-11-34(32)35/h2-6,9-12,15-18,27,36-41,55,64H,7-8,13-14,19-26,28H2,1H3,(H2,52,70)(H,53,65)(H,54,66)(H,56,71)(H,57,63)(H,58,67)(H,59,73)(H,60,74)(H,61,75)(H,62,72)(H,68,69)/t36-,37-,38-,39-,40-,41-/m0/s1. The zero-order valence-corrected chi connectivity index (χ0v) is 41.2. The largest absolute Gasteiger partial charge is 0.508 e. The Hall–Kier alpha value is -8.83. The number of phenols is 1. The van der Waals surface area contributed by atoms with Crippen LogP contribution in [0.2, 0.25) is 0 Å². The number of aliphatic carboxylic acids is 1. The van der Waals surface area contributed by atoms with Crippen molar-refractivity contribution in [2.75, 3.05) is 19.6 Å². The lowest BCUT2D eigenvalue weighted by molar-refractivity contribution is -0.141. The van der Waals surface area contributed by atoms with Crippen LogP contribution in [0.1, 0.15) is 68.6 Å². The molecule has 14 N–H and O–H groups in total. The summed E-state index contributed by atoms with van der Waals surface area (Å²) in [7, 11) is 0. The normalized spacial score (nSPS) is 18.8. The second kappa shape index (κ2) is 28.4. The van der Waals surface area contributed by atoms with E-state index in [4.69, 9.17) is 5.73 Å². The summed E-state index contributed by atoms with van der Waals surface area (Å²) in [6.45, 7) is 0.439. The molecule has 2 heterocycles. The quantitative estimate of drug-likeness (QED) is 0.0608. The number of carboxylic acid groups (broad SMARTS) is 1. The molecule has 400 valence electrons. The van der Waals surface area contributed by atoms with Crippen LogP contribution in [0.4, 0.5) is 0 Å². The van der Waals surface area contributed by atoms with Gasteiger partial charge >= 0.3 is 5.97 Å². The van der Waals surface area contributed by atoms with Gasteiger partial charge in [-0.2, -0.15) is 0 Å². The van der Waals surface area contributed by atoms with E-state index in [1.54, 1.807) is 72.9 Å². The molecule has 1 aromatic heterocycles. The average Bonchev–Trinajstić information content (AvgIpc) is 3.78. The number of nitrogens with two attached hydrogens (primary N) is 1. The minimum Gasteiger partial charge on any atom is -0.508 e. The Balaban J connectivity index is 1.40. The van der Waals surface area contributed by atoms with Gasteiger partial charge in [-0.3, -0.25) is 52.7 Å². The lowest BCUT2D eigenvalue weighted by atomic mass is 10.0. The van der Waals surface area contributed by atoms with E-state index in [1.165, 1.54) is 19.1 Å². The molecule has 1 fully saturated rings. The van der Waals surface area contributed by atoms with Crippen LogP contribution >= 0.6 is 0 Å². The number of amides is 10. The molecule has 6 atom stereocenters. The van der Waals surface area contributed by atoms with Crippen LogP contribution in [-0.4, -0.2) is 136 Å². The van der Waals surface area contributed by atoms with E-state index >= 15 is 0 Å². The molecule has 1 saturated heterocycles. The van der Waals surface area contributed by atoms with Crippen LogP contribution in [0.3, 0.4) is 0 Å². The number of fused-ring (bicyclic) bond motifs is 1. The maximum absolute atomic E-state index is 14.5. The van der Waals surface area contributed by atoms with Crippen molar-refractivity contribution in [1.82, 2.24) is 52.8 Å². The number of aromatic hydroxyl groups is 1. The number of aromatic nitrogens is 1. The predicted molar refractivity (Wildman–Crippen MR) is 269 cm³/mol.